The van der Waals surface area contributed by atoms with Crippen molar-refractivity contribution in [1.82, 2.24) is 39.7 Å². The highest BCUT2D eigenvalue weighted by Gasteiger charge is 2.52. The number of aliphatic hydroxyl groups excluding tert-OH is 1. The predicted molar refractivity (Wildman–Crippen MR) is 389 cm³/mol. The number of rotatable bonds is 35. The van der Waals surface area contributed by atoms with Gasteiger partial charge in [0.15, 0.2) is 28.9 Å². The number of phosphoric ester groups is 2. The van der Waals surface area contributed by atoms with E-state index in [0.717, 1.165) is 32.9 Å². The normalized spacial score (nSPS) is 22.4. The van der Waals surface area contributed by atoms with Crippen molar-refractivity contribution in [3.05, 3.63) is 149 Å². The molecule has 2 fully saturated rings. The Kier molecular flexibility index (Phi) is 26.0. The molecule has 39 heteroatoms. The van der Waals surface area contributed by atoms with E-state index in [2.05, 4.69) is 40.0 Å². The summed E-state index contributed by atoms with van der Waals surface area (Å²) in [6, 6.07) is 14.7. The quantitative estimate of drug-likeness (QED) is 0.00908. The van der Waals surface area contributed by atoms with Crippen LogP contribution in [0.25, 0.3) is 11.2 Å². The second-order valence-corrected chi connectivity index (χ2v) is 32.7. The number of fused-ring (bicyclic) bond motifs is 3. The number of amides is 2. The van der Waals surface area contributed by atoms with Crippen molar-refractivity contribution in [3.63, 3.8) is 0 Å². The van der Waals surface area contributed by atoms with Gasteiger partial charge in [-0.3, -0.25) is 27.8 Å². The lowest BCUT2D eigenvalue weighted by Crippen LogP contribution is -2.53. The average Bonchev–Trinajstić information content (AvgIpc) is 1.60. The van der Waals surface area contributed by atoms with Gasteiger partial charge in [-0.1, -0.05) is 44.2 Å². The first-order valence-electron chi connectivity index (χ1n) is 34.2. The third kappa shape index (κ3) is 19.5. The molecule has 2 unspecified atom stereocenters. The number of carbonyl (C=O) groups excluding carboxylic acids is 2. The second-order valence-electron chi connectivity index (χ2n) is 27.0. The number of likely N-dealkylation sites (N-methyl/N-ethyl adjacent to an activating group) is 1. The van der Waals surface area contributed by atoms with E-state index in [9.17, 15) is 65.0 Å². The van der Waals surface area contributed by atoms with Crippen LogP contribution in [-0.4, -0.2) is 202 Å². The summed E-state index contributed by atoms with van der Waals surface area (Å²) < 4.78 is 117. The maximum absolute atomic E-state index is 14.0. The molecule has 3 aromatic carbocycles. The summed E-state index contributed by atoms with van der Waals surface area (Å²) in [6.07, 6.45) is 6.60. The SMILES string of the molecule is CCN1C(=CC=CC=CC2=[N+](CCCCCC(=O)NCCOCCO[P+]([O-])(O)OC[C@H]3O[C@@H](n4ccc(N)nc4=O)C[C@@H]3O[P+]([O-])(O)OC[C@H]3O[C@@H](n4cnc5c(N(C)C)ncnc54)[C@H](O)[C@@H]3NC(=O)[C@@H](N)Cc3ccc(OC)cc3)c3ccc(S(=O)(=O)O)cc3C2(C)C)C(C)(C)c2cc(S(=O)(=O)O)ccc21. The number of nitrogens with two attached hydrogens (primary N) is 2. The lowest BCUT2D eigenvalue weighted by Gasteiger charge is -2.28. The fourth-order valence-corrected chi connectivity index (χ4v) is 16.0. The van der Waals surface area contributed by atoms with E-state index < -0.39 is 128 Å². The number of ether oxygens (including phenoxy) is 4. The summed E-state index contributed by atoms with van der Waals surface area (Å²) in [5.74, 6) is -0.0510. The summed E-state index contributed by atoms with van der Waals surface area (Å²) in [5.41, 5.74) is 16.0. The smallest absolute Gasteiger partial charge is 0.377 e. The van der Waals surface area contributed by atoms with Gasteiger partial charge in [-0.15, -0.1) is 0 Å². The van der Waals surface area contributed by atoms with Gasteiger partial charge >= 0.3 is 22.0 Å². The molecule has 6 aromatic rings. The number of imidazole rings is 1. The highest BCUT2D eigenvalue weighted by molar-refractivity contribution is 7.86. The Morgan fingerprint density at radius 2 is 1.55 bits per heavy atom. The molecule has 0 bridgehead atoms. The zero-order valence-corrected chi connectivity index (χ0v) is 63.5. The van der Waals surface area contributed by atoms with Crippen molar-refractivity contribution in [3.8, 4) is 5.75 Å². The van der Waals surface area contributed by atoms with Gasteiger partial charge in [0.2, 0.25) is 17.5 Å². The number of hydrogen-bond donors (Lipinski definition) is 9. The minimum absolute atomic E-state index is 0.00534. The van der Waals surface area contributed by atoms with Crippen LogP contribution in [0.15, 0.2) is 136 Å². The van der Waals surface area contributed by atoms with E-state index in [-0.39, 0.29) is 66.2 Å². The Hall–Kier alpha value is -7.72. The number of nitrogens with zero attached hydrogens (tertiary/aromatic N) is 9. The number of methoxy groups -OCH3 is 1. The number of hydrogen-bond acceptors (Lipinski definition) is 28. The molecule has 7 heterocycles. The molecule has 4 aliphatic rings. The van der Waals surface area contributed by atoms with Crippen LogP contribution in [0.3, 0.4) is 0 Å². The highest BCUT2D eigenvalue weighted by Crippen LogP contribution is 2.54. The summed E-state index contributed by atoms with van der Waals surface area (Å²) >= 11 is 0. The van der Waals surface area contributed by atoms with Crippen LogP contribution in [0.4, 0.5) is 23.0 Å². The second kappa shape index (κ2) is 34.0. The van der Waals surface area contributed by atoms with Crippen LogP contribution in [0.1, 0.15) is 95.9 Å². The van der Waals surface area contributed by atoms with E-state index in [1.54, 1.807) is 55.4 Å². The van der Waals surface area contributed by atoms with Crippen LogP contribution in [0.2, 0.25) is 0 Å². The topological polar surface area (TPSA) is 488 Å². The molecule has 2 saturated heterocycles. The van der Waals surface area contributed by atoms with Crippen molar-refractivity contribution in [2.75, 3.05) is 89.4 Å². The molecule has 3 aromatic heterocycles. The zero-order valence-electron chi connectivity index (χ0n) is 60.1. The van der Waals surface area contributed by atoms with Gasteiger partial charge in [0.05, 0.1) is 53.9 Å². The van der Waals surface area contributed by atoms with Crippen molar-refractivity contribution >= 4 is 88.3 Å². The molecular formula is C68H90N13O22P2S2+. The number of allylic oxidation sites excluding steroid dienone is 6. The minimum Gasteiger partial charge on any atom is -0.606 e. The molecular weight excluding hydrogens is 1480 g/mol. The number of aromatic nitrogens is 6. The third-order valence-corrected chi connectivity index (χ3v) is 22.5. The molecule has 0 spiro atoms. The average molecular weight is 1570 g/mol. The first-order valence-corrected chi connectivity index (χ1v) is 40.1. The molecule has 0 radical (unpaired) electrons. The monoisotopic (exact) mass is 1570 g/mol. The molecule has 107 heavy (non-hydrogen) atoms. The maximum Gasteiger partial charge on any atom is 0.377 e. The van der Waals surface area contributed by atoms with Gasteiger partial charge in [0, 0.05) is 87.1 Å². The van der Waals surface area contributed by atoms with Gasteiger partial charge in [-0.25, -0.2) is 19.7 Å². The van der Waals surface area contributed by atoms with E-state index in [4.69, 9.17) is 48.5 Å². The number of nitrogens with one attached hydrogen (secondary N) is 2. The van der Waals surface area contributed by atoms with Crippen LogP contribution in [-0.2, 0) is 79.4 Å². The highest BCUT2D eigenvalue weighted by atomic mass is 32.2. The van der Waals surface area contributed by atoms with Crippen molar-refractivity contribution in [2.45, 2.75) is 143 Å². The molecule has 10 rings (SSSR count). The molecule has 10 atom stereocenters. The number of phosphoric acid groups is 2. The van der Waals surface area contributed by atoms with Gasteiger partial charge in [0.25, 0.3) is 20.2 Å². The van der Waals surface area contributed by atoms with E-state index in [0.29, 0.717) is 60.6 Å². The molecule has 0 saturated carbocycles. The Balaban J connectivity index is 0.696. The number of anilines is 3. The Morgan fingerprint density at radius 3 is 2.24 bits per heavy atom. The first-order chi connectivity index (χ1) is 50.5. The fraction of sp³-hybridized carbons (Fsp3) is 0.471. The third-order valence-electron chi connectivity index (χ3n) is 18.8. The standard InChI is InChI=1S/C68H89N13O22P2S2/c1-9-78-49-25-23-44(106(90,91)92)35-46(49)67(2,3)54(78)16-12-10-13-17-55-68(4,5)47-36-45(107(93,94)95)24-26-50(47)79(55)29-15-11-14-18-57(82)71-28-31-97-32-33-98-104(86,87)99-38-52-51(37-58(101-52)80-30-27-56(70)75-66(80)85)103-105(88,89)100-39-53-59(76-64(84)48(69)34-42-19-21-43(96-8)22-20-42)61(83)65(102-53)81-41-74-60-62(77(6)7)72-40-73-63(60)81/h10,12-13,16-17,19-27,30,35-36,40-41,48,51-53,58-59,61,65,83H,9,11,14-15,18,28-29,31-34,37-39,69H2,1-8H3,(H7-,70,71,75,76,82,84,85,86,87,88,89,90,91,92,93,94,95)/p+1/t48-,51-,52+,53+,58+,59+,61+,65+/m0/s1. The van der Waals surface area contributed by atoms with Crippen molar-refractivity contribution in [2.24, 2.45) is 5.73 Å². The number of carbonyl (C=O) groups is 2. The van der Waals surface area contributed by atoms with Crippen LogP contribution in [0.5, 0.6) is 5.75 Å². The molecule has 0 aliphatic carbocycles. The van der Waals surface area contributed by atoms with Crippen molar-refractivity contribution < 1.29 is 102 Å². The summed E-state index contributed by atoms with van der Waals surface area (Å²) in [7, 11) is -14.1. The van der Waals surface area contributed by atoms with Gasteiger partial charge in [-0.2, -0.15) is 54.3 Å². The van der Waals surface area contributed by atoms with Gasteiger partial charge in [0.1, 0.15) is 74.9 Å². The van der Waals surface area contributed by atoms with Gasteiger partial charge < -0.3 is 65.7 Å². The largest absolute Gasteiger partial charge is 0.606 e. The Morgan fingerprint density at radius 1 is 0.850 bits per heavy atom. The van der Waals surface area contributed by atoms with E-state index in [1.165, 1.54) is 60.9 Å². The maximum atomic E-state index is 14.0. The number of nitrogen functional groups attached to an aromatic ring is 1. The molecule has 11 N–H and O–H groups in total. The first kappa shape index (κ1) is 81.8. The zero-order chi connectivity index (χ0) is 77.6. The minimum atomic E-state index is -5.27. The molecule has 2 amide bonds. The molecule has 35 nitrogen and oxygen atoms in total. The van der Waals surface area contributed by atoms with E-state index in [1.807, 2.05) is 65.0 Å². The Bertz CT molecular complexity index is 4640. The van der Waals surface area contributed by atoms with E-state index >= 15 is 0 Å². The lowest BCUT2D eigenvalue weighted by atomic mass is 9.81. The summed E-state index contributed by atoms with van der Waals surface area (Å²) in [4.78, 5) is 109. The lowest BCUT2D eigenvalue weighted by molar-refractivity contribution is -0.438. The number of unbranched alkanes of at least 4 members (excludes halogenated alkanes) is 2. The fourth-order valence-electron chi connectivity index (χ4n) is 13.3. The number of benzene rings is 3. The predicted octanol–water partition coefficient (Wildman–Crippen LogP) is 2.91. The molecule has 4 aliphatic heterocycles. The van der Waals surface area contributed by atoms with Crippen LogP contribution < -0.4 is 52.1 Å². The van der Waals surface area contributed by atoms with Crippen LogP contribution >= 0.6 is 16.3 Å². The number of aliphatic hydroxyl groups is 1. The molecule has 580 valence electrons. The van der Waals surface area contributed by atoms with Gasteiger partial charge in [-0.05, 0) is 106 Å². The summed E-state index contributed by atoms with van der Waals surface area (Å²) in [6.45, 7) is 8.73. The van der Waals surface area contributed by atoms with Crippen molar-refractivity contribution in [1.29, 1.82) is 0 Å². The van der Waals surface area contributed by atoms with Crippen LogP contribution in [0, 0.1) is 0 Å². The Labute approximate surface area is 619 Å². The summed E-state index contributed by atoms with van der Waals surface area (Å²) in [5, 5.41) is 17.4.